The molecule has 2 saturated heterocycles. The number of ether oxygens (including phenoxy) is 1. The van der Waals surface area contributed by atoms with E-state index in [2.05, 4.69) is 33.3 Å². The number of nitrogen functional groups attached to an aromatic ring is 1. The van der Waals surface area contributed by atoms with Gasteiger partial charge in [-0.1, -0.05) is 25.3 Å². The highest BCUT2D eigenvalue weighted by molar-refractivity contribution is 8.03. The predicted octanol–water partition coefficient (Wildman–Crippen LogP) is 1.05. The summed E-state index contributed by atoms with van der Waals surface area (Å²) in [5.41, 5.74) is 7.32. The lowest BCUT2D eigenvalue weighted by Crippen LogP contribution is -2.51. The number of thioether (sulfide) groups is 1. The van der Waals surface area contributed by atoms with Gasteiger partial charge in [0.05, 0.1) is 29.4 Å². The van der Waals surface area contributed by atoms with Gasteiger partial charge in [0, 0.05) is 58.2 Å². The van der Waals surface area contributed by atoms with E-state index in [1.807, 2.05) is 0 Å². The summed E-state index contributed by atoms with van der Waals surface area (Å²) in [5.74, 6) is 1.44. The number of hydrogen-bond donors (Lipinski definition) is 2. The number of amides is 1. The van der Waals surface area contributed by atoms with Crippen molar-refractivity contribution >= 4 is 29.4 Å². The molecular weight excluding hydrogens is 480 g/mol. The minimum absolute atomic E-state index is 0.211. The van der Waals surface area contributed by atoms with Crippen LogP contribution < -0.4 is 10.6 Å². The number of hydrogen-bond acceptors (Lipinski definition) is 11. The Morgan fingerprint density at radius 1 is 1.17 bits per heavy atom. The average Bonchev–Trinajstić information content (AvgIpc) is 2.89. The molecule has 0 radical (unpaired) electrons. The third-order valence-corrected chi connectivity index (χ3v) is 7.22. The monoisotopic (exact) mass is 514 g/mol. The number of anilines is 2. The van der Waals surface area contributed by atoms with Gasteiger partial charge in [0.15, 0.2) is 5.82 Å². The molecule has 0 saturated carbocycles. The van der Waals surface area contributed by atoms with Crippen LogP contribution in [0.2, 0.25) is 0 Å². The number of piperazine rings is 1. The summed E-state index contributed by atoms with van der Waals surface area (Å²) >= 11 is 1.61. The van der Waals surface area contributed by atoms with E-state index in [4.69, 9.17) is 20.4 Å². The summed E-state index contributed by atoms with van der Waals surface area (Å²) in [7, 11) is 0. The fourth-order valence-electron chi connectivity index (χ4n) is 4.22. The summed E-state index contributed by atoms with van der Waals surface area (Å²) in [5, 5.41) is 9.58. The zero-order valence-corrected chi connectivity index (χ0v) is 21.7. The van der Waals surface area contributed by atoms with Crippen molar-refractivity contribution in [1.82, 2.24) is 29.7 Å². The van der Waals surface area contributed by atoms with Gasteiger partial charge in [-0.15, -0.1) is 0 Å². The van der Waals surface area contributed by atoms with E-state index >= 15 is 0 Å². The van der Waals surface area contributed by atoms with Crippen molar-refractivity contribution < 1.29 is 14.6 Å². The normalized spacial score (nSPS) is 17.8. The van der Waals surface area contributed by atoms with Crippen LogP contribution in [0.1, 0.15) is 19.5 Å². The molecule has 2 fully saturated rings. The topological polar surface area (TPSA) is 134 Å². The smallest absolute Gasteiger partial charge is 0.251 e. The molecule has 0 unspecified atom stereocenters. The SMILES string of the molecule is C=C(CN1CCN(C(=O)[C@H](C)O)CC1)Sc1c(CC)nc(-c2cnc(N)nc2)nc1N1CCOCC1. The van der Waals surface area contributed by atoms with Gasteiger partial charge in [-0.2, -0.15) is 0 Å². The van der Waals surface area contributed by atoms with Crippen LogP contribution in [0, 0.1) is 0 Å². The van der Waals surface area contributed by atoms with Crippen LogP contribution in [-0.2, 0) is 16.0 Å². The van der Waals surface area contributed by atoms with E-state index in [-0.39, 0.29) is 11.9 Å². The van der Waals surface area contributed by atoms with Crippen molar-refractivity contribution in [3.63, 3.8) is 0 Å². The second-order valence-corrected chi connectivity index (χ2v) is 10.0. The average molecular weight is 515 g/mol. The second kappa shape index (κ2) is 12.0. The Hall–Kier alpha value is -2.80. The van der Waals surface area contributed by atoms with E-state index in [1.165, 1.54) is 6.92 Å². The Labute approximate surface area is 215 Å². The van der Waals surface area contributed by atoms with Crippen molar-refractivity contribution in [2.45, 2.75) is 31.3 Å². The van der Waals surface area contributed by atoms with Crippen LogP contribution in [0.3, 0.4) is 0 Å². The van der Waals surface area contributed by atoms with Gasteiger partial charge in [0.2, 0.25) is 5.95 Å². The zero-order chi connectivity index (χ0) is 25.7. The van der Waals surface area contributed by atoms with Gasteiger partial charge in [-0.25, -0.2) is 19.9 Å². The Kier molecular flexibility index (Phi) is 8.72. The number of rotatable bonds is 8. The molecule has 0 aromatic carbocycles. The number of carbonyl (C=O) groups is 1. The van der Waals surface area contributed by atoms with Crippen molar-refractivity contribution in [2.75, 3.05) is 69.7 Å². The van der Waals surface area contributed by atoms with Crippen molar-refractivity contribution in [3.05, 3.63) is 29.6 Å². The van der Waals surface area contributed by atoms with Crippen LogP contribution in [0.15, 0.2) is 28.8 Å². The fourth-order valence-corrected chi connectivity index (χ4v) is 5.33. The van der Waals surface area contributed by atoms with Crippen molar-refractivity contribution in [2.24, 2.45) is 0 Å². The van der Waals surface area contributed by atoms with E-state index in [1.54, 1.807) is 29.1 Å². The molecule has 2 aromatic heterocycles. The number of aliphatic hydroxyl groups is 1. The highest BCUT2D eigenvalue weighted by atomic mass is 32.2. The molecule has 3 N–H and O–H groups in total. The van der Waals surface area contributed by atoms with Crippen LogP contribution in [0.25, 0.3) is 11.4 Å². The van der Waals surface area contributed by atoms with E-state index in [0.717, 1.165) is 53.9 Å². The van der Waals surface area contributed by atoms with Gasteiger partial charge >= 0.3 is 0 Å². The first-order chi connectivity index (χ1) is 17.4. The van der Waals surface area contributed by atoms with Gasteiger partial charge in [0.1, 0.15) is 11.9 Å². The molecule has 194 valence electrons. The van der Waals surface area contributed by atoms with Crippen LogP contribution >= 0.6 is 11.8 Å². The van der Waals surface area contributed by atoms with Crippen LogP contribution in [0.5, 0.6) is 0 Å². The van der Waals surface area contributed by atoms with Gasteiger partial charge < -0.3 is 25.4 Å². The van der Waals surface area contributed by atoms with Gasteiger partial charge in [-0.3, -0.25) is 9.69 Å². The molecular formula is C24H34N8O3S. The Morgan fingerprint density at radius 3 is 2.44 bits per heavy atom. The summed E-state index contributed by atoms with van der Waals surface area (Å²) in [6, 6.07) is 0. The highest BCUT2D eigenvalue weighted by Gasteiger charge is 2.26. The van der Waals surface area contributed by atoms with E-state index < -0.39 is 6.10 Å². The molecule has 0 bridgehead atoms. The van der Waals surface area contributed by atoms with Gasteiger partial charge in [0.25, 0.3) is 5.91 Å². The molecule has 12 heteroatoms. The molecule has 1 amide bonds. The Morgan fingerprint density at radius 2 is 1.83 bits per heavy atom. The summed E-state index contributed by atoms with van der Waals surface area (Å²) in [6.45, 7) is 14.1. The standard InChI is InChI=1S/C24H34N8O3S/c1-4-19-20(36-16(2)15-30-5-7-32(8-6-30)23(34)17(3)33)22(31-9-11-35-12-10-31)29-21(28-19)18-13-26-24(25)27-14-18/h13-14,17,33H,2,4-12,15H2,1,3H3,(H2,25,26,27)/t17-/m0/s1. The number of morpholine rings is 1. The molecule has 4 heterocycles. The maximum Gasteiger partial charge on any atom is 0.251 e. The number of nitrogens with two attached hydrogens (primary N) is 1. The lowest BCUT2D eigenvalue weighted by atomic mass is 10.2. The minimum atomic E-state index is -0.962. The molecule has 0 spiro atoms. The van der Waals surface area contributed by atoms with E-state index in [9.17, 15) is 9.90 Å². The number of nitrogens with zero attached hydrogens (tertiary/aromatic N) is 7. The first-order valence-electron chi connectivity index (χ1n) is 12.2. The summed E-state index contributed by atoms with van der Waals surface area (Å²) < 4.78 is 5.57. The first kappa shape index (κ1) is 26.3. The largest absolute Gasteiger partial charge is 0.384 e. The third-order valence-electron chi connectivity index (χ3n) is 6.18. The molecule has 2 aliphatic rings. The second-order valence-electron chi connectivity index (χ2n) is 8.85. The maximum atomic E-state index is 12.1. The van der Waals surface area contributed by atoms with Crippen LogP contribution in [0.4, 0.5) is 11.8 Å². The Bertz CT molecular complexity index is 1070. The molecule has 1 atom stereocenters. The number of aliphatic hydroxyl groups excluding tert-OH is 1. The van der Waals surface area contributed by atoms with Crippen molar-refractivity contribution in [1.29, 1.82) is 0 Å². The summed E-state index contributed by atoms with van der Waals surface area (Å²) in [6.07, 6.45) is 3.07. The van der Waals surface area contributed by atoms with Crippen molar-refractivity contribution in [3.8, 4) is 11.4 Å². The molecule has 2 aliphatic heterocycles. The maximum absolute atomic E-state index is 12.1. The third kappa shape index (κ3) is 6.30. The number of aromatic nitrogens is 4. The molecule has 11 nitrogen and oxygen atoms in total. The zero-order valence-electron chi connectivity index (χ0n) is 20.9. The van der Waals surface area contributed by atoms with Gasteiger partial charge in [-0.05, 0) is 18.2 Å². The van der Waals surface area contributed by atoms with Crippen LogP contribution in [-0.4, -0.2) is 106 Å². The van der Waals surface area contributed by atoms with E-state index in [0.29, 0.717) is 44.2 Å². The lowest BCUT2D eigenvalue weighted by Gasteiger charge is -2.35. The first-order valence-corrected chi connectivity index (χ1v) is 13.0. The molecule has 36 heavy (non-hydrogen) atoms. The predicted molar refractivity (Wildman–Crippen MR) is 140 cm³/mol. The molecule has 0 aliphatic carbocycles. The highest BCUT2D eigenvalue weighted by Crippen LogP contribution is 2.37. The fraction of sp³-hybridized carbons (Fsp3) is 0.542. The number of aryl methyl sites for hydroxylation is 1. The lowest BCUT2D eigenvalue weighted by molar-refractivity contribution is -0.140. The molecule has 2 aromatic rings. The number of carbonyl (C=O) groups excluding carboxylic acids is 1. The summed E-state index contributed by atoms with van der Waals surface area (Å²) in [4.78, 5) is 38.3. The Balaban J connectivity index is 1.53. The quantitative estimate of drug-likeness (QED) is 0.490. The molecule has 4 rings (SSSR count). The minimum Gasteiger partial charge on any atom is -0.384 e.